The molecule has 1 aromatic heterocycles. The van der Waals surface area contributed by atoms with E-state index in [9.17, 15) is 9.90 Å². The molecule has 3 nitrogen and oxygen atoms in total. The predicted molar refractivity (Wildman–Crippen MR) is 57.6 cm³/mol. The van der Waals surface area contributed by atoms with Crippen molar-refractivity contribution in [2.24, 2.45) is 5.92 Å². The fourth-order valence-electron chi connectivity index (χ4n) is 1.95. The second-order valence-electron chi connectivity index (χ2n) is 4.16. The van der Waals surface area contributed by atoms with Crippen LogP contribution in [0.3, 0.4) is 0 Å². The van der Waals surface area contributed by atoms with Crippen molar-refractivity contribution in [1.82, 2.24) is 0 Å². The summed E-state index contributed by atoms with van der Waals surface area (Å²) >= 11 is 1.46. The van der Waals surface area contributed by atoms with Crippen molar-refractivity contribution in [3.8, 4) is 0 Å². The Kier molecular flexibility index (Phi) is 2.56. The molecule has 0 amide bonds. The van der Waals surface area contributed by atoms with E-state index in [2.05, 4.69) is 0 Å². The normalized spacial score (nSPS) is 29.9. The molecule has 1 N–H and O–H groups in total. The Morgan fingerprint density at radius 2 is 2.40 bits per heavy atom. The standard InChI is InChI=1S/C11H14O3S/c1-7-6-8(10(12)14-7)11(2,13)9-4-3-5-15-9/h3-5,7-8,13H,6H2,1-2H3. The van der Waals surface area contributed by atoms with Crippen molar-refractivity contribution >= 4 is 17.3 Å². The molecule has 0 bridgehead atoms. The molecule has 2 heterocycles. The molecule has 0 spiro atoms. The lowest BCUT2D eigenvalue weighted by atomic mass is 9.85. The SMILES string of the molecule is CC1CC(C(C)(O)c2cccs2)C(=O)O1. The summed E-state index contributed by atoms with van der Waals surface area (Å²) in [7, 11) is 0. The van der Waals surface area contributed by atoms with Gasteiger partial charge in [0.15, 0.2) is 0 Å². The zero-order valence-corrected chi connectivity index (χ0v) is 9.58. The van der Waals surface area contributed by atoms with Gasteiger partial charge in [0.05, 0.1) is 12.0 Å². The molecule has 1 aromatic rings. The van der Waals surface area contributed by atoms with Crippen LogP contribution in [0.2, 0.25) is 0 Å². The van der Waals surface area contributed by atoms with Gasteiger partial charge in [0, 0.05) is 11.3 Å². The molecule has 0 aromatic carbocycles. The zero-order chi connectivity index (χ0) is 11.1. The smallest absolute Gasteiger partial charge is 0.312 e. The minimum absolute atomic E-state index is 0.0889. The van der Waals surface area contributed by atoms with Gasteiger partial charge in [-0.1, -0.05) is 6.07 Å². The first-order valence-corrected chi connectivity index (χ1v) is 5.86. The fraction of sp³-hybridized carbons (Fsp3) is 0.545. The Labute approximate surface area is 92.7 Å². The Morgan fingerprint density at radius 3 is 2.87 bits per heavy atom. The molecular weight excluding hydrogens is 212 g/mol. The van der Waals surface area contributed by atoms with E-state index in [1.165, 1.54) is 11.3 Å². The van der Waals surface area contributed by atoms with Gasteiger partial charge in [0.25, 0.3) is 0 Å². The monoisotopic (exact) mass is 226 g/mol. The highest BCUT2D eigenvalue weighted by Crippen LogP contribution is 2.39. The number of carbonyl (C=O) groups is 1. The highest BCUT2D eigenvalue weighted by Gasteiger charge is 2.46. The van der Waals surface area contributed by atoms with Crippen LogP contribution in [0.5, 0.6) is 0 Å². The molecule has 1 fully saturated rings. The summed E-state index contributed by atoms with van der Waals surface area (Å²) < 4.78 is 5.06. The number of carbonyl (C=O) groups excluding carboxylic acids is 1. The van der Waals surface area contributed by atoms with Gasteiger partial charge in [-0.15, -0.1) is 11.3 Å². The quantitative estimate of drug-likeness (QED) is 0.783. The van der Waals surface area contributed by atoms with E-state index < -0.39 is 11.5 Å². The van der Waals surface area contributed by atoms with Crippen LogP contribution in [0.1, 0.15) is 25.1 Å². The summed E-state index contributed by atoms with van der Waals surface area (Å²) in [6.45, 7) is 3.53. The van der Waals surface area contributed by atoms with Crippen molar-refractivity contribution in [2.45, 2.75) is 32.0 Å². The second kappa shape index (κ2) is 3.61. The third-order valence-corrected chi connectivity index (χ3v) is 3.96. The topological polar surface area (TPSA) is 46.5 Å². The molecule has 0 aliphatic carbocycles. The van der Waals surface area contributed by atoms with Gasteiger partial charge >= 0.3 is 5.97 Å². The summed E-state index contributed by atoms with van der Waals surface area (Å²) in [6, 6.07) is 3.72. The van der Waals surface area contributed by atoms with Crippen molar-refractivity contribution < 1.29 is 14.6 Å². The number of aliphatic hydroxyl groups is 1. The van der Waals surface area contributed by atoms with Crippen LogP contribution in [0, 0.1) is 5.92 Å². The lowest BCUT2D eigenvalue weighted by Gasteiger charge is -2.25. The summed E-state index contributed by atoms with van der Waals surface area (Å²) in [5.41, 5.74) is -1.10. The number of cyclic esters (lactones) is 1. The molecule has 4 heteroatoms. The molecular formula is C11H14O3S. The maximum absolute atomic E-state index is 11.5. The van der Waals surface area contributed by atoms with Gasteiger partial charge in [0.1, 0.15) is 5.60 Å². The van der Waals surface area contributed by atoms with Crippen LogP contribution in [0.15, 0.2) is 17.5 Å². The molecule has 0 saturated carbocycles. The third-order valence-electron chi connectivity index (χ3n) is 2.87. The molecule has 0 radical (unpaired) electrons. The summed E-state index contributed by atoms with van der Waals surface area (Å²) in [6.07, 6.45) is 0.498. The molecule has 3 atom stereocenters. The number of rotatable bonds is 2. The van der Waals surface area contributed by atoms with Gasteiger partial charge in [-0.2, -0.15) is 0 Å². The fourth-order valence-corrected chi connectivity index (χ4v) is 2.80. The number of ether oxygens (including phenoxy) is 1. The van der Waals surface area contributed by atoms with Crippen LogP contribution in [-0.4, -0.2) is 17.2 Å². The molecule has 1 aliphatic heterocycles. The van der Waals surface area contributed by atoms with Gasteiger partial charge in [-0.25, -0.2) is 0 Å². The van der Waals surface area contributed by atoms with Crippen LogP contribution in [0.4, 0.5) is 0 Å². The van der Waals surface area contributed by atoms with Crippen molar-refractivity contribution in [1.29, 1.82) is 0 Å². The summed E-state index contributed by atoms with van der Waals surface area (Å²) in [4.78, 5) is 12.4. The Balaban J connectivity index is 2.26. The van der Waals surface area contributed by atoms with Crippen molar-refractivity contribution in [3.05, 3.63) is 22.4 Å². The molecule has 2 rings (SSSR count). The lowest BCUT2D eigenvalue weighted by molar-refractivity contribution is -0.150. The number of thiophene rings is 1. The summed E-state index contributed by atoms with van der Waals surface area (Å²) in [5, 5.41) is 12.3. The predicted octanol–water partition coefficient (Wildman–Crippen LogP) is 1.91. The van der Waals surface area contributed by atoms with Crippen LogP contribution >= 0.6 is 11.3 Å². The first-order valence-electron chi connectivity index (χ1n) is 4.98. The van der Waals surface area contributed by atoms with E-state index in [0.717, 1.165) is 4.88 Å². The number of hydrogen-bond acceptors (Lipinski definition) is 4. The van der Waals surface area contributed by atoms with Crippen molar-refractivity contribution in [2.75, 3.05) is 0 Å². The highest BCUT2D eigenvalue weighted by atomic mass is 32.1. The molecule has 1 aliphatic rings. The van der Waals surface area contributed by atoms with Crippen LogP contribution in [-0.2, 0) is 15.1 Å². The molecule has 1 saturated heterocycles. The van der Waals surface area contributed by atoms with Gasteiger partial charge in [-0.3, -0.25) is 4.79 Å². The summed E-state index contributed by atoms with van der Waals surface area (Å²) in [5.74, 6) is -0.730. The van der Waals surface area contributed by atoms with Crippen LogP contribution < -0.4 is 0 Å². The van der Waals surface area contributed by atoms with E-state index in [1.54, 1.807) is 6.92 Å². The first kappa shape index (κ1) is 10.6. The lowest BCUT2D eigenvalue weighted by Crippen LogP contribution is -2.33. The minimum Gasteiger partial charge on any atom is -0.462 e. The van der Waals surface area contributed by atoms with E-state index in [-0.39, 0.29) is 12.1 Å². The Bertz CT molecular complexity index is 356. The second-order valence-corrected chi connectivity index (χ2v) is 5.11. The average molecular weight is 226 g/mol. The minimum atomic E-state index is -1.10. The molecule has 3 unspecified atom stereocenters. The molecule has 82 valence electrons. The maximum Gasteiger partial charge on any atom is 0.312 e. The van der Waals surface area contributed by atoms with Crippen molar-refractivity contribution in [3.63, 3.8) is 0 Å². The Hall–Kier alpha value is -0.870. The zero-order valence-electron chi connectivity index (χ0n) is 8.77. The Morgan fingerprint density at radius 1 is 1.67 bits per heavy atom. The van der Waals surface area contributed by atoms with Gasteiger partial charge in [-0.05, 0) is 25.3 Å². The highest BCUT2D eigenvalue weighted by molar-refractivity contribution is 7.10. The van der Waals surface area contributed by atoms with E-state index in [4.69, 9.17) is 4.74 Å². The average Bonchev–Trinajstić information content (AvgIpc) is 2.74. The molecule has 15 heavy (non-hydrogen) atoms. The first-order chi connectivity index (χ1) is 7.01. The van der Waals surface area contributed by atoms with E-state index in [1.807, 2.05) is 24.4 Å². The number of esters is 1. The van der Waals surface area contributed by atoms with E-state index >= 15 is 0 Å². The maximum atomic E-state index is 11.5. The van der Waals surface area contributed by atoms with Gasteiger partial charge in [0.2, 0.25) is 0 Å². The number of hydrogen-bond donors (Lipinski definition) is 1. The third kappa shape index (κ3) is 1.79. The van der Waals surface area contributed by atoms with Crippen LogP contribution in [0.25, 0.3) is 0 Å². The largest absolute Gasteiger partial charge is 0.462 e. The van der Waals surface area contributed by atoms with Gasteiger partial charge < -0.3 is 9.84 Å². The van der Waals surface area contributed by atoms with E-state index in [0.29, 0.717) is 6.42 Å².